The number of amides is 3. The van der Waals surface area contributed by atoms with Gasteiger partial charge in [0, 0.05) is 42.7 Å². The summed E-state index contributed by atoms with van der Waals surface area (Å²) in [5.74, 6) is 0.601. The van der Waals surface area contributed by atoms with Gasteiger partial charge in [0.1, 0.15) is 11.3 Å². The van der Waals surface area contributed by atoms with E-state index in [1.165, 1.54) is 4.90 Å². The first-order valence-electron chi connectivity index (χ1n) is 12.6. The number of ether oxygens (including phenoxy) is 1. The summed E-state index contributed by atoms with van der Waals surface area (Å²) in [5, 5.41) is 10.4. The van der Waals surface area contributed by atoms with Crippen molar-refractivity contribution in [1.82, 2.24) is 19.7 Å². The maximum atomic E-state index is 13.9. The fourth-order valence-corrected chi connectivity index (χ4v) is 5.82. The quantitative estimate of drug-likeness (QED) is 0.449. The number of likely N-dealkylation sites (N-methyl/N-ethyl adjacent to an activating group) is 1. The van der Waals surface area contributed by atoms with Crippen molar-refractivity contribution in [3.05, 3.63) is 65.4 Å². The molecule has 0 saturated carbocycles. The second kappa shape index (κ2) is 9.59. The molecule has 2 aliphatic rings. The van der Waals surface area contributed by atoms with E-state index in [1.54, 1.807) is 12.0 Å². The second-order valence-corrected chi connectivity index (χ2v) is 9.85. The minimum Gasteiger partial charge on any atom is -0.497 e. The maximum Gasteiger partial charge on any atom is 0.328 e. The number of urea groups is 1. The number of carbonyl (C=O) groups excluding carboxylic acids is 2. The molecule has 2 aliphatic heterocycles. The first kappa shape index (κ1) is 24.3. The Hall–Kier alpha value is -3.36. The van der Waals surface area contributed by atoms with E-state index in [4.69, 9.17) is 4.74 Å². The van der Waals surface area contributed by atoms with Crippen molar-refractivity contribution in [1.29, 1.82) is 0 Å². The highest BCUT2D eigenvalue weighted by Crippen LogP contribution is 2.47. The lowest BCUT2D eigenvalue weighted by Gasteiger charge is -2.42. The van der Waals surface area contributed by atoms with E-state index < -0.39 is 5.54 Å². The topological polar surface area (TPSA) is 89.1 Å². The number of rotatable bonds is 9. The maximum absolute atomic E-state index is 13.9. The van der Waals surface area contributed by atoms with Crippen molar-refractivity contribution in [2.24, 2.45) is 0 Å². The SMILES string of the molecule is CCN(CCO)CCN1C(=O)N2C(Cc3ccccc3)c3[nH]c4ccc(OC)cc4c3C[C@@]2(C)C1=O. The molecule has 1 unspecified atom stereocenters. The zero-order chi connectivity index (χ0) is 25.4. The zero-order valence-corrected chi connectivity index (χ0v) is 21.2. The molecule has 1 aromatic heterocycles. The summed E-state index contributed by atoms with van der Waals surface area (Å²) >= 11 is 0. The Balaban J connectivity index is 1.57. The van der Waals surface area contributed by atoms with Gasteiger partial charge in [-0.1, -0.05) is 37.3 Å². The minimum atomic E-state index is -0.976. The summed E-state index contributed by atoms with van der Waals surface area (Å²) in [7, 11) is 1.65. The van der Waals surface area contributed by atoms with Crippen molar-refractivity contribution < 1.29 is 19.4 Å². The molecule has 2 N–H and O–H groups in total. The molecule has 3 heterocycles. The van der Waals surface area contributed by atoms with Crippen LogP contribution in [0.2, 0.25) is 0 Å². The van der Waals surface area contributed by atoms with Gasteiger partial charge in [-0.2, -0.15) is 0 Å². The van der Waals surface area contributed by atoms with Crippen LogP contribution in [0.25, 0.3) is 10.9 Å². The van der Waals surface area contributed by atoms with E-state index in [0.29, 0.717) is 32.5 Å². The zero-order valence-electron chi connectivity index (χ0n) is 21.2. The Kier molecular flexibility index (Phi) is 6.49. The Morgan fingerprint density at radius 1 is 1.17 bits per heavy atom. The molecule has 36 heavy (non-hydrogen) atoms. The molecule has 1 fully saturated rings. The Bertz CT molecular complexity index is 1270. The molecule has 8 heteroatoms. The van der Waals surface area contributed by atoms with Gasteiger partial charge in [0.2, 0.25) is 0 Å². The van der Waals surface area contributed by atoms with Crippen LogP contribution in [-0.2, 0) is 17.6 Å². The van der Waals surface area contributed by atoms with Crippen LogP contribution in [0.1, 0.15) is 36.7 Å². The number of hydrogen-bond donors (Lipinski definition) is 2. The number of aromatic nitrogens is 1. The van der Waals surface area contributed by atoms with Gasteiger partial charge in [-0.25, -0.2) is 4.79 Å². The number of benzene rings is 2. The third kappa shape index (κ3) is 3.94. The number of aromatic amines is 1. The number of aliphatic hydroxyl groups is 1. The van der Waals surface area contributed by atoms with Crippen LogP contribution in [0, 0.1) is 0 Å². The first-order valence-corrected chi connectivity index (χ1v) is 12.6. The highest BCUT2D eigenvalue weighted by molar-refractivity contribution is 6.08. The number of carbonyl (C=O) groups is 2. The van der Waals surface area contributed by atoms with Gasteiger partial charge in [-0.05, 0) is 49.2 Å². The van der Waals surface area contributed by atoms with Crippen molar-refractivity contribution in [3.63, 3.8) is 0 Å². The van der Waals surface area contributed by atoms with Crippen molar-refractivity contribution in [2.75, 3.05) is 39.9 Å². The largest absolute Gasteiger partial charge is 0.497 e. The normalized spacial score (nSPS) is 21.4. The number of aliphatic hydroxyl groups excluding tert-OH is 1. The summed E-state index contributed by atoms with van der Waals surface area (Å²) in [6.45, 7) is 6.05. The van der Waals surface area contributed by atoms with Gasteiger partial charge < -0.3 is 19.7 Å². The summed E-state index contributed by atoms with van der Waals surface area (Å²) in [6.07, 6.45) is 1.04. The van der Waals surface area contributed by atoms with Gasteiger partial charge in [0.15, 0.2) is 0 Å². The molecule has 2 atom stereocenters. The van der Waals surface area contributed by atoms with Crippen LogP contribution in [0.15, 0.2) is 48.5 Å². The van der Waals surface area contributed by atoms with E-state index >= 15 is 0 Å². The van der Waals surface area contributed by atoms with Crippen LogP contribution < -0.4 is 4.74 Å². The van der Waals surface area contributed by atoms with Gasteiger partial charge >= 0.3 is 6.03 Å². The molecule has 0 radical (unpaired) electrons. The summed E-state index contributed by atoms with van der Waals surface area (Å²) in [6, 6.07) is 15.5. The fourth-order valence-electron chi connectivity index (χ4n) is 5.82. The molecule has 3 amide bonds. The summed E-state index contributed by atoms with van der Waals surface area (Å²) < 4.78 is 5.48. The first-order chi connectivity index (χ1) is 17.4. The highest BCUT2D eigenvalue weighted by atomic mass is 16.5. The number of methoxy groups -OCH3 is 1. The lowest BCUT2D eigenvalue weighted by Crippen LogP contribution is -2.53. The van der Waals surface area contributed by atoms with Crippen LogP contribution in [0.4, 0.5) is 4.79 Å². The van der Waals surface area contributed by atoms with E-state index in [1.807, 2.05) is 55.1 Å². The molecule has 8 nitrogen and oxygen atoms in total. The van der Waals surface area contributed by atoms with Crippen LogP contribution in [-0.4, -0.2) is 82.2 Å². The third-order valence-corrected chi connectivity index (χ3v) is 7.76. The summed E-state index contributed by atoms with van der Waals surface area (Å²) in [5.41, 5.74) is 3.16. The Morgan fingerprint density at radius 2 is 1.94 bits per heavy atom. The number of fused-ring (bicyclic) bond motifs is 4. The van der Waals surface area contributed by atoms with Gasteiger partial charge in [-0.3, -0.25) is 14.6 Å². The van der Waals surface area contributed by atoms with Crippen LogP contribution >= 0.6 is 0 Å². The highest BCUT2D eigenvalue weighted by Gasteiger charge is 2.59. The minimum absolute atomic E-state index is 0.0455. The second-order valence-electron chi connectivity index (χ2n) is 9.85. The van der Waals surface area contributed by atoms with Crippen molar-refractivity contribution >= 4 is 22.8 Å². The Morgan fingerprint density at radius 3 is 2.64 bits per heavy atom. The molecular formula is C28H34N4O4. The molecule has 0 spiro atoms. The molecular weight excluding hydrogens is 456 g/mol. The molecule has 190 valence electrons. The third-order valence-electron chi connectivity index (χ3n) is 7.76. The average Bonchev–Trinajstić information content (AvgIpc) is 3.34. The standard InChI is InChI=1S/C28H34N4O4/c1-4-30(14-15-33)12-13-31-26(34)28(2)18-22-21-17-20(36-3)10-11-23(21)29-25(22)24(32(28)27(31)35)16-19-8-6-5-7-9-19/h5-11,17,24,29,33H,4,12-16,18H2,1-3H3/t24?,28-/m0/s1. The molecule has 0 bridgehead atoms. The smallest absolute Gasteiger partial charge is 0.328 e. The average molecular weight is 491 g/mol. The van der Waals surface area contributed by atoms with E-state index in [-0.39, 0.29) is 24.6 Å². The fraction of sp³-hybridized carbons (Fsp3) is 0.429. The number of nitrogens with one attached hydrogen (secondary N) is 1. The van der Waals surface area contributed by atoms with Crippen molar-refractivity contribution in [3.8, 4) is 5.75 Å². The lowest BCUT2D eigenvalue weighted by molar-refractivity contribution is -0.133. The monoisotopic (exact) mass is 490 g/mol. The number of hydrogen-bond acceptors (Lipinski definition) is 5. The molecule has 5 rings (SSSR count). The molecule has 0 aliphatic carbocycles. The van der Waals surface area contributed by atoms with E-state index in [2.05, 4.69) is 17.1 Å². The number of nitrogens with zero attached hydrogens (tertiary/aromatic N) is 3. The molecule has 1 saturated heterocycles. The Labute approximate surface area is 211 Å². The van der Waals surface area contributed by atoms with E-state index in [9.17, 15) is 14.7 Å². The van der Waals surface area contributed by atoms with Crippen molar-refractivity contribution in [2.45, 2.75) is 38.3 Å². The van der Waals surface area contributed by atoms with Crippen LogP contribution in [0.5, 0.6) is 5.75 Å². The summed E-state index contributed by atoms with van der Waals surface area (Å²) in [4.78, 5) is 36.6. The van der Waals surface area contributed by atoms with Gasteiger partial charge in [-0.15, -0.1) is 0 Å². The molecule has 3 aromatic rings. The number of imide groups is 1. The van der Waals surface area contributed by atoms with Gasteiger partial charge in [0.05, 0.1) is 19.8 Å². The lowest BCUT2D eigenvalue weighted by atomic mass is 9.81. The van der Waals surface area contributed by atoms with Crippen LogP contribution in [0.3, 0.4) is 0 Å². The van der Waals surface area contributed by atoms with E-state index in [0.717, 1.165) is 40.0 Å². The molecule has 2 aromatic carbocycles. The van der Waals surface area contributed by atoms with Gasteiger partial charge in [0.25, 0.3) is 5.91 Å². The number of H-pyrrole nitrogens is 1. The predicted octanol–water partition coefficient (Wildman–Crippen LogP) is 3.35. The predicted molar refractivity (Wildman–Crippen MR) is 138 cm³/mol.